The molecule has 6 nitrogen and oxygen atoms in total. The summed E-state index contributed by atoms with van der Waals surface area (Å²) in [5.74, 6) is -0.0811. The number of nitrogens with zero attached hydrogens (tertiary/aromatic N) is 2. The Morgan fingerprint density at radius 1 is 1.42 bits per heavy atom. The molecule has 1 aromatic carbocycles. The third-order valence-electron chi connectivity index (χ3n) is 3.96. The topological polar surface area (TPSA) is 61.9 Å². The van der Waals surface area contributed by atoms with Crippen molar-refractivity contribution in [1.82, 2.24) is 4.90 Å². The lowest BCUT2D eigenvalue weighted by Crippen LogP contribution is -2.44. The first-order valence-corrected chi connectivity index (χ1v) is 8.39. The first-order chi connectivity index (χ1) is 11.4. The monoisotopic (exact) mass is 333 g/mol. The van der Waals surface area contributed by atoms with E-state index in [0.29, 0.717) is 25.3 Å². The molecule has 0 radical (unpaired) electrons. The van der Waals surface area contributed by atoms with Crippen LogP contribution in [0.2, 0.25) is 0 Å². The van der Waals surface area contributed by atoms with E-state index < -0.39 is 0 Å². The summed E-state index contributed by atoms with van der Waals surface area (Å²) in [6.07, 6.45) is 0.476. The van der Waals surface area contributed by atoms with Crippen LogP contribution in [0.15, 0.2) is 24.3 Å². The molecule has 6 heteroatoms. The molecule has 1 aromatic rings. The van der Waals surface area contributed by atoms with Gasteiger partial charge in [-0.2, -0.15) is 0 Å². The van der Waals surface area contributed by atoms with Crippen LogP contribution in [0.5, 0.6) is 0 Å². The molecule has 0 saturated carbocycles. The zero-order valence-electron chi connectivity index (χ0n) is 14.9. The van der Waals surface area contributed by atoms with Gasteiger partial charge >= 0.3 is 0 Å². The number of rotatable bonds is 6. The van der Waals surface area contributed by atoms with E-state index in [1.165, 1.54) is 0 Å². The van der Waals surface area contributed by atoms with Gasteiger partial charge in [-0.3, -0.25) is 14.5 Å². The van der Waals surface area contributed by atoms with Gasteiger partial charge in [0.2, 0.25) is 11.8 Å². The van der Waals surface area contributed by atoms with E-state index >= 15 is 0 Å². The van der Waals surface area contributed by atoms with Crippen molar-refractivity contribution in [3.8, 4) is 0 Å². The highest BCUT2D eigenvalue weighted by atomic mass is 16.5. The zero-order valence-corrected chi connectivity index (χ0v) is 14.9. The molecule has 0 fully saturated rings. The number of anilines is 2. The fourth-order valence-electron chi connectivity index (χ4n) is 2.80. The number of hydrogen-bond acceptors (Lipinski definition) is 4. The van der Waals surface area contributed by atoms with Gasteiger partial charge in [-0.15, -0.1) is 0 Å². The van der Waals surface area contributed by atoms with Crippen molar-refractivity contribution in [2.45, 2.75) is 39.3 Å². The second-order valence-corrected chi connectivity index (χ2v) is 6.54. The maximum atomic E-state index is 12.8. The Balaban J connectivity index is 2.08. The van der Waals surface area contributed by atoms with Crippen molar-refractivity contribution < 1.29 is 14.3 Å². The van der Waals surface area contributed by atoms with Gasteiger partial charge in [0, 0.05) is 19.0 Å². The third kappa shape index (κ3) is 4.79. The van der Waals surface area contributed by atoms with Gasteiger partial charge in [-0.05, 0) is 40.0 Å². The molecule has 0 saturated heterocycles. The Morgan fingerprint density at radius 3 is 2.83 bits per heavy atom. The van der Waals surface area contributed by atoms with Crippen LogP contribution >= 0.6 is 0 Å². The molecule has 132 valence electrons. The standard InChI is InChI=1S/C18H27N3O3/c1-13(2)24-10-9-20(4)12-18(23)21-14(3)11-17(22)19-15-7-5-6-8-16(15)21/h5-8,13-14H,9-12H2,1-4H3,(H,19,22)/t14-/m1/s1. The molecule has 1 aliphatic rings. The molecule has 2 rings (SSSR count). The highest BCUT2D eigenvalue weighted by molar-refractivity contribution is 6.04. The van der Waals surface area contributed by atoms with E-state index in [4.69, 9.17) is 4.74 Å². The fraction of sp³-hybridized carbons (Fsp3) is 0.556. The summed E-state index contributed by atoms with van der Waals surface area (Å²) in [6, 6.07) is 7.25. The van der Waals surface area contributed by atoms with Crippen LogP contribution in [0.3, 0.4) is 0 Å². The minimum Gasteiger partial charge on any atom is -0.377 e. The van der Waals surface area contributed by atoms with Crippen LogP contribution in [0.1, 0.15) is 27.2 Å². The molecule has 2 amide bonds. The number of carbonyl (C=O) groups excluding carboxylic acids is 2. The van der Waals surface area contributed by atoms with Crippen LogP contribution in [-0.2, 0) is 14.3 Å². The summed E-state index contributed by atoms with van der Waals surface area (Å²) in [7, 11) is 1.90. The molecular formula is C18H27N3O3. The smallest absolute Gasteiger partial charge is 0.241 e. The zero-order chi connectivity index (χ0) is 17.7. The van der Waals surface area contributed by atoms with E-state index in [1.54, 1.807) is 4.90 Å². The Bertz CT molecular complexity index is 589. The largest absolute Gasteiger partial charge is 0.377 e. The number of nitrogens with one attached hydrogen (secondary N) is 1. The lowest BCUT2D eigenvalue weighted by Gasteiger charge is -2.29. The van der Waals surface area contributed by atoms with Crippen molar-refractivity contribution in [3.05, 3.63) is 24.3 Å². The van der Waals surface area contributed by atoms with E-state index in [1.807, 2.05) is 57.0 Å². The number of para-hydroxylation sites is 2. The predicted octanol–water partition coefficient (Wildman–Crippen LogP) is 2.11. The Morgan fingerprint density at radius 2 is 2.12 bits per heavy atom. The average molecular weight is 333 g/mol. The maximum absolute atomic E-state index is 12.8. The highest BCUT2D eigenvalue weighted by Crippen LogP contribution is 2.31. The van der Waals surface area contributed by atoms with Crippen molar-refractivity contribution in [1.29, 1.82) is 0 Å². The molecule has 0 aromatic heterocycles. The highest BCUT2D eigenvalue weighted by Gasteiger charge is 2.29. The molecule has 0 aliphatic carbocycles. The predicted molar refractivity (Wildman–Crippen MR) is 95.2 cm³/mol. The van der Waals surface area contributed by atoms with Crippen molar-refractivity contribution in [2.75, 3.05) is 37.0 Å². The Labute approximate surface area is 143 Å². The van der Waals surface area contributed by atoms with Gasteiger partial charge in [0.15, 0.2) is 0 Å². The van der Waals surface area contributed by atoms with Crippen LogP contribution in [0.4, 0.5) is 11.4 Å². The van der Waals surface area contributed by atoms with Gasteiger partial charge in [0.1, 0.15) is 0 Å². The number of benzene rings is 1. The number of hydrogen-bond donors (Lipinski definition) is 1. The Kier molecular flexibility index (Phi) is 6.34. The molecule has 24 heavy (non-hydrogen) atoms. The second kappa shape index (κ2) is 8.26. The van der Waals surface area contributed by atoms with Gasteiger partial charge < -0.3 is 15.0 Å². The van der Waals surface area contributed by atoms with Gasteiger partial charge in [-0.1, -0.05) is 12.1 Å². The van der Waals surface area contributed by atoms with Crippen LogP contribution in [0.25, 0.3) is 0 Å². The quantitative estimate of drug-likeness (QED) is 0.866. The van der Waals surface area contributed by atoms with Crippen LogP contribution in [0, 0.1) is 0 Å². The number of amides is 2. The number of carbonyl (C=O) groups is 2. The summed E-state index contributed by atoms with van der Waals surface area (Å²) in [5, 5.41) is 2.87. The lowest BCUT2D eigenvalue weighted by molar-refractivity contribution is -0.120. The summed E-state index contributed by atoms with van der Waals surface area (Å²) < 4.78 is 5.53. The minimum absolute atomic E-state index is 0.0153. The SMILES string of the molecule is CC(C)OCCN(C)CC(=O)N1c2ccccc2NC(=O)C[C@H]1C. The summed E-state index contributed by atoms with van der Waals surface area (Å²) in [6.45, 7) is 7.45. The summed E-state index contributed by atoms with van der Waals surface area (Å²) in [5.41, 5.74) is 1.44. The molecule has 0 spiro atoms. The number of likely N-dealkylation sites (N-methyl/N-ethyl adjacent to an activating group) is 1. The Hall–Kier alpha value is -1.92. The van der Waals surface area contributed by atoms with E-state index in [0.717, 1.165) is 5.69 Å². The fourth-order valence-corrected chi connectivity index (χ4v) is 2.80. The molecular weight excluding hydrogens is 306 g/mol. The van der Waals surface area contributed by atoms with Gasteiger partial charge in [-0.25, -0.2) is 0 Å². The molecule has 1 heterocycles. The third-order valence-corrected chi connectivity index (χ3v) is 3.96. The molecule has 1 atom stereocenters. The molecule has 1 N–H and O–H groups in total. The van der Waals surface area contributed by atoms with Crippen LogP contribution < -0.4 is 10.2 Å². The molecule has 0 bridgehead atoms. The lowest BCUT2D eigenvalue weighted by atomic mass is 10.1. The van der Waals surface area contributed by atoms with E-state index in [9.17, 15) is 9.59 Å². The first-order valence-electron chi connectivity index (χ1n) is 8.39. The van der Waals surface area contributed by atoms with Crippen molar-refractivity contribution in [3.63, 3.8) is 0 Å². The van der Waals surface area contributed by atoms with Gasteiger partial charge in [0.05, 0.1) is 30.6 Å². The van der Waals surface area contributed by atoms with Gasteiger partial charge in [0.25, 0.3) is 0 Å². The molecule has 0 unspecified atom stereocenters. The van der Waals surface area contributed by atoms with E-state index in [-0.39, 0.29) is 30.5 Å². The molecule has 1 aliphatic heterocycles. The van der Waals surface area contributed by atoms with Crippen molar-refractivity contribution in [2.24, 2.45) is 0 Å². The second-order valence-electron chi connectivity index (χ2n) is 6.54. The van der Waals surface area contributed by atoms with Crippen LogP contribution in [-0.4, -0.2) is 55.6 Å². The number of fused-ring (bicyclic) bond motifs is 1. The first kappa shape index (κ1) is 18.4. The summed E-state index contributed by atoms with van der Waals surface area (Å²) in [4.78, 5) is 28.5. The maximum Gasteiger partial charge on any atom is 0.241 e. The normalized spacial score (nSPS) is 17.7. The average Bonchev–Trinajstić information content (AvgIpc) is 2.60. The van der Waals surface area contributed by atoms with Crippen molar-refractivity contribution >= 4 is 23.2 Å². The summed E-state index contributed by atoms with van der Waals surface area (Å²) >= 11 is 0. The minimum atomic E-state index is -0.179. The number of ether oxygens (including phenoxy) is 1. The van der Waals surface area contributed by atoms with E-state index in [2.05, 4.69) is 5.32 Å².